The Morgan fingerprint density at radius 2 is 1.58 bits per heavy atom. The predicted molar refractivity (Wildman–Crippen MR) is 122 cm³/mol. The van der Waals surface area contributed by atoms with Crippen LogP contribution in [-0.2, 0) is 0 Å². The summed E-state index contributed by atoms with van der Waals surface area (Å²) in [6.07, 6.45) is 3.24. The summed E-state index contributed by atoms with van der Waals surface area (Å²) >= 11 is 0. The van der Waals surface area contributed by atoms with E-state index in [4.69, 9.17) is 0 Å². The predicted octanol–water partition coefficient (Wildman–Crippen LogP) is 4.56. The van der Waals surface area contributed by atoms with Crippen molar-refractivity contribution < 1.29 is 9.59 Å². The minimum absolute atomic E-state index is 0.288. The number of fused-ring (bicyclic) bond motifs is 1. The number of aryl methyl sites for hydroxylation is 1. The van der Waals surface area contributed by atoms with Gasteiger partial charge in [0.2, 0.25) is 0 Å². The Balaban J connectivity index is 1.46. The molecule has 0 aliphatic heterocycles. The van der Waals surface area contributed by atoms with Crippen LogP contribution < -0.4 is 10.7 Å². The lowest BCUT2D eigenvalue weighted by atomic mass is 10.1. The van der Waals surface area contributed by atoms with Crippen LogP contribution in [0.4, 0.5) is 5.69 Å². The molecule has 0 bridgehead atoms. The summed E-state index contributed by atoms with van der Waals surface area (Å²) in [5.41, 5.74) is 5.42. The van der Waals surface area contributed by atoms with Gasteiger partial charge in [0.05, 0.1) is 23.2 Å². The fourth-order valence-corrected chi connectivity index (χ4v) is 3.08. The van der Waals surface area contributed by atoms with E-state index in [0.29, 0.717) is 22.5 Å². The van der Waals surface area contributed by atoms with Crippen LogP contribution in [0.1, 0.15) is 32.0 Å². The maximum Gasteiger partial charge on any atom is 0.273 e. The molecular formula is C25H20N4O2. The van der Waals surface area contributed by atoms with Crippen molar-refractivity contribution in [1.29, 1.82) is 0 Å². The minimum Gasteiger partial charge on any atom is -0.321 e. The Labute approximate surface area is 179 Å². The van der Waals surface area contributed by atoms with E-state index < -0.39 is 5.91 Å². The van der Waals surface area contributed by atoms with Crippen molar-refractivity contribution in [2.24, 2.45) is 5.10 Å². The molecule has 0 spiro atoms. The number of aromatic nitrogens is 1. The van der Waals surface area contributed by atoms with Gasteiger partial charge in [-0.3, -0.25) is 14.6 Å². The van der Waals surface area contributed by atoms with Crippen LogP contribution in [-0.4, -0.2) is 23.0 Å². The zero-order chi connectivity index (χ0) is 21.6. The van der Waals surface area contributed by atoms with E-state index in [1.807, 2.05) is 49.4 Å². The van der Waals surface area contributed by atoms with E-state index in [0.717, 1.165) is 16.3 Å². The molecule has 6 heteroatoms. The molecule has 0 unspecified atom stereocenters. The summed E-state index contributed by atoms with van der Waals surface area (Å²) in [6, 6.07) is 23.8. The van der Waals surface area contributed by atoms with Crippen LogP contribution in [0, 0.1) is 6.92 Å². The van der Waals surface area contributed by atoms with Gasteiger partial charge in [-0.25, -0.2) is 5.43 Å². The Morgan fingerprint density at radius 1 is 0.871 bits per heavy atom. The highest BCUT2D eigenvalue weighted by atomic mass is 16.2. The van der Waals surface area contributed by atoms with Gasteiger partial charge < -0.3 is 5.32 Å². The van der Waals surface area contributed by atoms with E-state index in [-0.39, 0.29) is 5.91 Å². The van der Waals surface area contributed by atoms with Gasteiger partial charge in [-0.05, 0) is 42.6 Å². The number of benzene rings is 3. The van der Waals surface area contributed by atoms with Crippen LogP contribution in [0.3, 0.4) is 0 Å². The van der Waals surface area contributed by atoms with E-state index in [1.54, 1.807) is 42.6 Å². The second-order valence-corrected chi connectivity index (χ2v) is 7.02. The van der Waals surface area contributed by atoms with Crippen LogP contribution in [0.15, 0.2) is 90.2 Å². The molecule has 0 fully saturated rings. The van der Waals surface area contributed by atoms with Crippen molar-refractivity contribution in [3.63, 3.8) is 0 Å². The fraction of sp³-hybridized carbons (Fsp3) is 0.0400. The molecule has 152 valence electrons. The first-order valence-electron chi connectivity index (χ1n) is 9.75. The molecule has 0 saturated heterocycles. The Morgan fingerprint density at radius 3 is 2.39 bits per heavy atom. The van der Waals surface area contributed by atoms with Gasteiger partial charge in [0.25, 0.3) is 11.8 Å². The van der Waals surface area contributed by atoms with Gasteiger partial charge in [0.15, 0.2) is 0 Å². The Bertz CT molecular complexity index is 1280. The molecule has 3 aromatic carbocycles. The standard InChI is InChI=1S/C25H20N4O2/c1-17-10-12-18(13-11-17)24(30)28-23-9-5-4-8-22(23)25(31)29-27-16-21-14-19-6-2-3-7-20(19)15-26-21/h2-16H,1H3,(H,28,30)(H,29,31)/b27-16+. The first-order chi connectivity index (χ1) is 15.1. The van der Waals surface area contributed by atoms with Gasteiger partial charge in [0.1, 0.15) is 0 Å². The van der Waals surface area contributed by atoms with Crippen LogP contribution in [0.25, 0.3) is 10.8 Å². The highest BCUT2D eigenvalue weighted by Gasteiger charge is 2.13. The second-order valence-electron chi connectivity index (χ2n) is 7.02. The SMILES string of the molecule is Cc1ccc(C(=O)Nc2ccccc2C(=O)N/N=C/c2cc3ccccc3cn2)cc1. The summed E-state index contributed by atoms with van der Waals surface area (Å²) in [4.78, 5) is 29.5. The molecule has 1 heterocycles. The van der Waals surface area contributed by atoms with Gasteiger partial charge >= 0.3 is 0 Å². The summed E-state index contributed by atoms with van der Waals surface area (Å²) < 4.78 is 0. The third kappa shape index (κ3) is 4.82. The Hall–Kier alpha value is -4.32. The number of hydrogen-bond donors (Lipinski definition) is 2. The number of rotatable bonds is 5. The summed E-state index contributed by atoms with van der Waals surface area (Å²) in [7, 11) is 0. The zero-order valence-corrected chi connectivity index (χ0v) is 16.9. The topological polar surface area (TPSA) is 83.5 Å². The molecule has 2 N–H and O–H groups in total. The third-order valence-electron chi connectivity index (χ3n) is 4.75. The quantitative estimate of drug-likeness (QED) is 0.375. The van der Waals surface area contributed by atoms with E-state index in [1.165, 1.54) is 6.21 Å². The molecule has 0 radical (unpaired) electrons. The van der Waals surface area contributed by atoms with Gasteiger partial charge in [0, 0.05) is 17.1 Å². The average Bonchev–Trinajstić information content (AvgIpc) is 2.79. The number of nitrogens with one attached hydrogen (secondary N) is 2. The normalized spacial score (nSPS) is 10.9. The molecule has 6 nitrogen and oxygen atoms in total. The highest BCUT2D eigenvalue weighted by molar-refractivity contribution is 6.09. The van der Waals surface area contributed by atoms with Crippen molar-refractivity contribution in [2.45, 2.75) is 6.92 Å². The smallest absolute Gasteiger partial charge is 0.273 e. The lowest BCUT2D eigenvalue weighted by Crippen LogP contribution is -2.21. The van der Waals surface area contributed by atoms with E-state index >= 15 is 0 Å². The number of anilines is 1. The number of hydrazone groups is 1. The summed E-state index contributed by atoms with van der Waals surface area (Å²) in [5, 5.41) is 8.87. The third-order valence-corrected chi connectivity index (χ3v) is 4.75. The van der Waals surface area contributed by atoms with Gasteiger partial charge in [-0.1, -0.05) is 54.1 Å². The van der Waals surface area contributed by atoms with Crippen LogP contribution in [0.2, 0.25) is 0 Å². The van der Waals surface area contributed by atoms with Gasteiger partial charge in [-0.15, -0.1) is 0 Å². The van der Waals surface area contributed by atoms with Crippen molar-refractivity contribution in [3.8, 4) is 0 Å². The molecule has 0 aliphatic rings. The largest absolute Gasteiger partial charge is 0.321 e. The molecule has 4 aromatic rings. The Kier molecular flexibility index (Phi) is 5.80. The van der Waals surface area contributed by atoms with E-state index in [2.05, 4.69) is 20.8 Å². The van der Waals surface area contributed by atoms with Crippen molar-refractivity contribution >= 4 is 34.5 Å². The molecule has 0 atom stereocenters. The molecule has 0 saturated carbocycles. The first-order valence-corrected chi connectivity index (χ1v) is 9.75. The molecule has 0 aliphatic carbocycles. The first kappa shape index (κ1) is 20.0. The second kappa shape index (κ2) is 9.00. The molecular weight excluding hydrogens is 388 g/mol. The van der Waals surface area contributed by atoms with Crippen molar-refractivity contribution in [2.75, 3.05) is 5.32 Å². The molecule has 31 heavy (non-hydrogen) atoms. The molecule has 1 aromatic heterocycles. The summed E-state index contributed by atoms with van der Waals surface area (Å²) in [5.74, 6) is -0.721. The fourth-order valence-electron chi connectivity index (χ4n) is 3.08. The monoisotopic (exact) mass is 408 g/mol. The lowest BCUT2D eigenvalue weighted by Gasteiger charge is -2.10. The minimum atomic E-state index is -0.433. The number of amides is 2. The van der Waals surface area contributed by atoms with Crippen LogP contribution in [0.5, 0.6) is 0 Å². The number of pyridine rings is 1. The number of carbonyl (C=O) groups is 2. The molecule has 4 rings (SSSR count). The number of para-hydroxylation sites is 1. The van der Waals surface area contributed by atoms with Crippen LogP contribution >= 0.6 is 0 Å². The average molecular weight is 408 g/mol. The number of carbonyl (C=O) groups excluding carboxylic acids is 2. The lowest BCUT2D eigenvalue weighted by molar-refractivity contribution is 0.0956. The summed E-state index contributed by atoms with van der Waals surface area (Å²) in [6.45, 7) is 1.95. The maximum absolute atomic E-state index is 12.6. The number of nitrogens with zero attached hydrogens (tertiary/aromatic N) is 2. The highest BCUT2D eigenvalue weighted by Crippen LogP contribution is 2.17. The van der Waals surface area contributed by atoms with E-state index in [9.17, 15) is 9.59 Å². The zero-order valence-electron chi connectivity index (χ0n) is 16.9. The number of hydrogen-bond acceptors (Lipinski definition) is 4. The van der Waals surface area contributed by atoms with Crippen molar-refractivity contribution in [1.82, 2.24) is 10.4 Å². The van der Waals surface area contributed by atoms with Gasteiger partial charge in [-0.2, -0.15) is 5.10 Å². The van der Waals surface area contributed by atoms with Crippen molar-refractivity contribution in [3.05, 3.63) is 107 Å². The maximum atomic E-state index is 12.6. The molecule has 2 amide bonds.